The van der Waals surface area contributed by atoms with Crippen LogP contribution in [0.3, 0.4) is 0 Å². The highest BCUT2D eigenvalue weighted by Gasteiger charge is 2.24. The number of rotatable bonds is 6. The molecule has 1 aromatic rings. The quantitative estimate of drug-likeness (QED) is 0.837. The van der Waals surface area contributed by atoms with Crippen LogP contribution in [0.4, 0.5) is 13.6 Å². The number of carboxylic acids is 1. The second kappa shape index (κ2) is 7.75. The Bertz CT molecular complexity index is 540. The zero-order valence-electron chi connectivity index (χ0n) is 13.0. The number of benzene rings is 1. The third-order valence-electron chi connectivity index (χ3n) is 2.58. The first-order valence-corrected chi connectivity index (χ1v) is 6.83. The number of aliphatic carboxylic acids is 1. The molecule has 2 N–H and O–H groups in total. The summed E-state index contributed by atoms with van der Waals surface area (Å²) in [5, 5.41) is 11.4. The first-order valence-electron chi connectivity index (χ1n) is 6.83. The molecule has 0 fully saturated rings. The summed E-state index contributed by atoms with van der Waals surface area (Å²) in [6.45, 7) is 2.04. The van der Waals surface area contributed by atoms with Crippen LogP contribution in [0.1, 0.15) is 26.3 Å². The maximum atomic E-state index is 12.1. The molecule has 1 aromatic carbocycles. The van der Waals surface area contributed by atoms with Gasteiger partial charge in [-0.3, -0.25) is 0 Å². The first-order chi connectivity index (χ1) is 10.6. The summed E-state index contributed by atoms with van der Waals surface area (Å²) in [7, 11) is 0. The monoisotopic (exact) mass is 331 g/mol. The van der Waals surface area contributed by atoms with Crippen molar-refractivity contribution < 1.29 is 33.0 Å². The molecule has 0 aliphatic carbocycles. The molecule has 0 radical (unpaired) electrons. The van der Waals surface area contributed by atoms with Crippen LogP contribution in [0.15, 0.2) is 24.3 Å². The molecule has 0 aliphatic rings. The van der Waals surface area contributed by atoms with E-state index in [0.29, 0.717) is 5.56 Å². The van der Waals surface area contributed by atoms with Crippen molar-refractivity contribution in [1.82, 2.24) is 5.32 Å². The minimum atomic E-state index is -2.93. The summed E-state index contributed by atoms with van der Waals surface area (Å²) in [5.41, 5.74) is -0.212. The fourth-order valence-electron chi connectivity index (χ4n) is 1.69. The summed E-state index contributed by atoms with van der Waals surface area (Å²) in [6.07, 6.45) is -0.869. The minimum absolute atomic E-state index is 0.0243. The van der Waals surface area contributed by atoms with Crippen molar-refractivity contribution in [2.45, 2.75) is 45.4 Å². The Morgan fingerprint density at radius 1 is 1.22 bits per heavy atom. The van der Waals surface area contributed by atoms with Gasteiger partial charge in [-0.05, 0) is 38.5 Å². The summed E-state index contributed by atoms with van der Waals surface area (Å²) in [6, 6.07) is 4.29. The summed E-state index contributed by atoms with van der Waals surface area (Å²) >= 11 is 0. The van der Waals surface area contributed by atoms with E-state index >= 15 is 0 Å². The number of carboxylic acid groups (broad SMARTS) is 1. The van der Waals surface area contributed by atoms with E-state index in [2.05, 4.69) is 10.1 Å². The number of halogens is 2. The van der Waals surface area contributed by atoms with Crippen LogP contribution in [0.2, 0.25) is 0 Å². The van der Waals surface area contributed by atoms with Crippen molar-refractivity contribution in [2.75, 3.05) is 0 Å². The smallest absolute Gasteiger partial charge is 0.408 e. The van der Waals surface area contributed by atoms with Gasteiger partial charge in [0.25, 0.3) is 0 Å². The summed E-state index contributed by atoms with van der Waals surface area (Å²) in [5.74, 6) is -1.26. The second-order valence-electron chi connectivity index (χ2n) is 5.76. The molecule has 0 aliphatic heterocycles. The van der Waals surface area contributed by atoms with Gasteiger partial charge in [0.2, 0.25) is 0 Å². The Balaban J connectivity index is 2.69. The van der Waals surface area contributed by atoms with E-state index in [1.165, 1.54) is 24.3 Å². The van der Waals surface area contributed by atoms with Gasteiger partial charge in [0.05, 0.1) is 0 Å². The lowest BCUT2D eigenvalue weighted by Crippen LogP contribution is -2.44. The van der Waals surface area contributed by atoms with Gasteiger partial charge >= 0.3 is 18.7 Å². The average molecular weight is 331 g/mol. The van der Waals surface area contributed by atoms with Crippen LogP contribution >= 0.6 is 0 Å². The maximum Gasteiger partial charge on any atom is 0.408 e. The van der Waals surface area contributed by atoms with Crippen LogP contribution in [0, 0.1) is 0 Å². The number of carbonyl (C=O) groups is 2. The van der Waals surface area contributed by atoms with Crippen LogP contribution in [-0.2, 0) is 16.0 Å². The van der Waals surface area contributed by atoms with E-state index in [9.17, 15) is 18.4 Å². The van der Waals surface area contributed by atoms with Crippen molar-refractivity contribution in [3.63, 3.8) is 0 Å². The number of nitrogens with one attached hydrogen (secondary N) is 1. The lowest BCUT2D eigenvalue weighted by molar-refractivity contribution is -0.139. The predicted molar refractivity (Wildman–Crippen MR) is 77.6 cm³/mol. The maximum absolute atomic E-state index is 12.1. The number of alkyl carbamates (subject to hydrolysis) is 1. The van der Waals surface area contributed by atoms with Crippen molar-refractivity contribution in [3.8, 4) is 5.75 Å². The SMILES string of the molecule is CC(C)(C)OC(=O)N[C@@H](Cc1ccc(OC(F)F)cc1)C(=O)O. The number of carbonyl (C=O) groups excluding carboxylic acids is 1. The molecule has 23 heavy (non-hydrogen) atoms. The third kappa shape index (κ3) is 7.44. The number of hydrogen-bond acceptors (Lipinski definition) is 4. The van der Waals surface area contributed by atoms with E-state index in [0.717, 1.165) is 0 Å². The highest BCUT2D eigenvalue weighted by Crippen LogP contribution is 2.16. The highest BCUT2D eigenvalue weighted by molar-refractivity contribution is 5.80. The van der Waals surface area contributed by atoms with E-state index in [4.69, 9.17) is 9.84 Å². The van der Waals surface area contributed by atoms with Crippen LogP contribution in [0.5, 0.6) is 5.75 Å². The normalized spacial score (nSPS) is 12.6. The zero-order valence-corrected chi connectivity index (χ0v) is 13.0. The molecule has 0 saturated heterocycles. The van der Waals surface area contributed by atoms with Gasteiger partial charge in [-0.1, -0.05) is 12.1 Å². The average Bonchev–Trinajstić information content (AvgIpc) is 2.37. The Kier molecular flexibility index (Phi) is 6.29. The van der Waals surface area contributed by atoms with E-state index in [1.54, 1.807) is 20.8 Å². The fourth-order valence-corrected chi connectivity index (χ4v) is 1.69. The van der Waals surface area contributed by atoms with E-state index < -0.39 is 30.3 Å². The topological polar surface area (TPSA) is 84.9 Å². The minimum Gasteiger partial charge on any atom is -0.480 e. The van der Waals surface area contributed by atoms with Gasteiger partial charge in [-0.15, -0.1) is 0 Å². The molecule has 0 saturated carbocycles. The summed E-state index contributed by atoms with van der Waals surface area (Å²) in [4.78, 5) is 22.9. The Morgan fingerprint density at radius 2 is 1.78 bits per heavy atom. The molecule has 6 nitrogen and oxygen atoms in total. The predicted octanol–water partition coefficient (Wildman–Crippen LogP) is 2.81. The van der Waals surface area contributed by atoms with Gasteiger partial charge in [0, 0.05) is 6.42 Å². The lowest BCUT2D eigenvalue weighted by atomic mass is 10.1. The van der Waals surface area contributed by atoms with Crippen LogP contribution < -0.4 is 10.1 Å². The lowest BCUT2D eigenvalue weighted by Gasteiger charge is -2.22. The first kappa shape index (κ1) is 18.7. The molecule has 8 heteroatoms. The molecule has 0 bridgehead atoms. The van der Waals surface area contributed by atoms with Crippen molar-refractivity contribution >= 4 is 12.1 Å². The number of ether oxygens (including phenoxy) is 2. The van der Waals surface area contributed by atoms with Gasteiger partial charge in [0.15, 0.2) is 0 Å². The standard InChI is InChI=1S/C15H19F2NO5/c1-15(2,3)23-14(21)18-11(12(19)20)8-9-4-6-10(7-5-9)22-13(16)17/h4-7,11,13H,8H2,1-3H3,(H,18,21)(H,19,20)/t11-/m0/s1. The molecule has 128 valence electrons. The fraction of sp³-hybridized carbons (Fsp3) is 0.467. The third-order valence-corrected chi connectivity index (χ3v) is 2.58. The molecule has 0 aromatic heterocycles. The van der Waals surface area contributed by atoms with E-state index in [1.807, 2.05) is 0 Å². The zero-order chi connectivity index (χ0) is 17.6. The van der Waals surface area contributed by atoms with Crippen LogP contribution in [-0.4, -0.2) is 35.4 Å². The highest BCUT2D eigenvalue weighted by atomic mass is 19.3. The molecular formula is C15H19F2NO5. The molecule has 1 rings (SSSR count). The largest absolute Gasteiger partial charge is 0.480 e. The molecule has 0 unspecified atom stereocenters. The Morgan fingerprint density at radius 3 is 2.22 bits per heavy atom. The molecule has 0 spiro atoms. The van der Waals surface area contributed by atoms with Gasteiger partial charge in [-0.2, -0.15) is 8.78 Å². The second-order valence-corrected chi connectivity index (χ2v) is 5.76. The molecule has 1 amide bonds. The molecule has 1 atom stereocenters. The van der Waals surface area contributed by atoms with Crippen molar-refractivity contribution in [2.24, 2.45) is 0 Å². The van der Waals surface area contributed by atoms with Gasteiger partial charge in [0.1, 0.15) is 17.4 Å². The summed E-state index contributed by atoms with van der Waals surface area (Å²) < 4.78 is 33.3. The molecular weight excluding hydrogens is 312 g/mol. The van der Waals surface area contributed by atoms with Crippen molar-refractivity contribution in [3.05, 3.63) is 29.8 Å². The van der Waals surface area contributed by atoms with Crippen LogP contribution in [0.25, 0.3) is 0 Å². The number of alkyl halides is 2. The van der Waals surface area contributed by atoms with Gasteiger partial charge < -0.3 is 19.9 Å². The Labute approximate surface area is 132 Å². The van der Waals surface area contributed by atoms with Gasteiger partial charge in [-0.25, -0.2) is 9.59 Å². The Hall–Kier alpha value is -2.38. The number of amides is 1. The number of hydrogen-bond donors (Lipinski definition) is 2. The van der Waals surface area contributed by atoms with Crippen molar-refractivity contribution in [1.29, 1.82) is 0 Å². The molecule has 0 heterocycles. The van der Waals surface area contributed by atoms with E-state index in [-0.39, 0.29) is 12.2 Å².